The summed E-state index contributed by atoms with van der Waals surface area (Å²) in [5, 5.41) is 0. The van der Waals surface area contributed by atoms with E-state index in [1.165, 1.54) is 5.69 Å². The minimum atomic E-state index is 0.212. The van der Waals surface area contributed by atoms with Crippen molar-refractivity contribution in [3.8, 4) is 11.4 Å². The van der Waals surface area contributed by atoms with Crippen LogP contribution in [0.4, 0.5) is 0 Å². The van der Waals surface area contributed by atoms with Crippen molar-refractivity contribution in [2.75, 3.05) is 26.2 Å². The quantitative estimate of drug-likeness (QED) is 0.846. The van der Waals surface area contributed by atoms with Gasteiger partial charge in [-0.15, -0.1) is 0 Å². The normalized spacial score (nSPS) is 19.5. The Morgan fingerprint density at radius 1 is 1.19 bits per heavy atom. The summed E-state index contributed by atoms with van der Waals surface area (Å²) < 4.78 is 2.34. The predicted molar refractivity (Wildman–Crippen MR) is 101 cm³/mol. The van der Waals surface area contributed by atoms with Gasteiger partial charge < -0.3 is 9.47 Å². The summed E-state index contributed by atoms with van der Waals surface area (Å²) in [6, 6.07) is 4.69. The molecule has 2 aliphatic heterocycles. The zero-order chi connectivity index (χ0) is 18.1. The number of pyridine rings is 1. The fraction of sp³-hybridized carbons (Fsp3) is 0.550. The van der Waals surface area contributed by atoms with Gasteiger partial charge in [0.05, 0.1) is 0 Å². The highest BCUT2D eigenvalue weighted by molar-refractivity contribution is 5.73. The Labute approximate surface area is 154 Å². The van der Waals surface area contributed by atoms with Crippen molar-refractivity contribution < 1.29 is 4.79 Å². The van der Waals surface area contributed by atoms with E-state index in [9.17, 15) is 4.79 Å². The molecule has 0 aliphatic carbocycles. The van der Waals surface area contributed by atoms with E-state index in [2.05, 4.69) is 26.4 Å². The third kappa shape index (κ3) is 3.38. The largest absolute Gasteiger partial charge is 0.343 e. The van der Waals surface area contributed by atoms with Gasteiger partial charge in [0.1, 0.15) is 5.82 Å². The average molecular weight is 353 g/mol. The molecular formula is C20H27N5O. The first-order chi connectivity index (χ1) is 12.6. The summed E-state index contributed by atoms with van der Waals surface area (Å²) in [5.74, 6) is 1.93. The van der Waals surface area contributed by atoms with E-state index in [4.69, 9.17) is 0 Å². The van der Waals surface area contributed by atoms with Crippen molar-refractivity contribution in [3.05, 3.63) is 36.4 Å². The van der Waals surface area contributed by atoms with Crippen LogP contribution in [0, 0.1) is 12.8 Å². The number of likely N-dealkylation sites (tertiary alicyclic amines) is 2. The van der Waals surface area contributed by atoms with E-state index >= 15 is 0 Å². The zero-order valence-electron chi connectivity index (χ0n) is 15.6. The first-order valence-electron chi connectivity index (χ1n) is 9.54. The number of hydrogen-bond acceptors (Lipinski definition) is 4. The molecule has 6 heteroatoms. The second-order valence-electron chi connectivity index (χ2n) is 7.63. The number of hydrogen-bond donors (Lipinski definition) is 0. The van der Waals surface area contributed by atoms with Gasteiger partial charge in [-0.05, 0) is 31.9 Å². The van der Waals surface area contributed by atoms with Crippen LogP contribution in [0.1, 0.15) is 25.5 Å². The van der Waals surface area contributed by atoms with Crippen molar-refractivity contribution in [2.24, 2.45) is 5.92 Å². The van der Waals surface area contributed by atoms with Gasteiger partial charge in [-0.25, -0.2) is 4.98 Å². The smallest absolute Gasteiger partial charge is 0.219 e. The second-order valence-corrected chi connectivity index (χ2v) is 7.63. The van der Waals surface area contributed by atoms with Gasteiger partial charge in [0.15, 0.2) is 0 Å². The number of imidazole rings is 1. The lowest BCUT2D eigenvalue weighted by Crippen LogP contribution is -2.56. The minimum Gasteiger partial charge on any atom is -0.343 e. The van der Waals surface area contributed by atoms with Crippen LogP contribution in [0.3, 0.4) is 0 Å². The molecule has 0 radical (unpaired) electrons. The molecule has 1 amide bonds. The number of aryl methyl sites for hydroxylation is 1. The molecule has 2 aromatic rings. The lowest BCUT2D eigenvalue weighted by Gasteiger charge is -2.47. The van der Waals surface area contributed by atoms with Crippen LogP contribution in [0.2, 0.25) is 0 Å². The number of amides is 1. The Morgan fingerprint density at radius 3 is 2.54 bits per heavy atom. The van der Waals surface area contributed by atoms with Crippen molar-refractivity contribution in [2.45, 2.75) is 39.3 Å². The molecule has 0 spiro atoms. The highest BCUT2D eigenvalue weighted by Gasteiger charge is 2.35. The number of carbonyl (C=O) groups is 1. The Kier molecular flexibility index (Phi) is 4.76. The Bertz CT molecular complexity index is 758. The van der Waals surface area contributed by atoms with E-state index in [0.717, 1.165) is 57.0 Å². The third-order valence-electron chi connectivity index (χ3n) is 5.85. The third-order valence-corrected chi connectivity index (χ3v) is 5.85. The lowest BCUT2D eigenvalue weighted by molar-refractivity contribution is -0.130. The van der Waals surface area contributed by atoms with Crippen LogP contribution < -0.4 is 0 Å². The molecule has 2 aliphatic rings. The van der Waals surface area contributed by atoms with Gasteiger partial charge >= 0.3 is 0 Å². The molecule has 2 aromatic heterocycles. The SMILES string of the molecule is CC(=O)N1CCC(N2CC(Cn3c(C)cnc3-c3ccncc3)C2)CC1. The molecule has 0 bridgehead atoms. The van der Waals surface area contributed by atoms with Crippen molar-refractivity contribution in [1.29, 1.82) is 0 Å². The lowest BCUT2D eigenvalue weighted by atomic mass is 9.93. The van der Waals surface area contributed by atoms with E-state index in [0.29, 0.717) is 12.0 Å². The van der Waals surface area contributed by atoms with Gasteiger partial charge in [-0.1, -0.05) is 0 Å². The van der Waals surface area contributed by atoms with Crippen LogP contribution in [-0.2, 0) is 11.3 Å². The van der Waals surface area contributed by atoms with Gasteiger partial charge in [0.25, 0.3) is 0 Å². The van der Waals surface area contributed by atoms with Crippen LogP contribution in [0.5, 0.6) is 0 Å². The molecule has 0 N–H and O–H groups in total. The Balaban J connectivity index is 1.34. The molecule has 0 unspecified atom stereocenters. The van der Waals surface area contributed by atoms with E-state index in [1.807, 2.05) is 35.6 Å². The van der Waals surface area contributed by atoms with Crippen LogP contribution in [-0.4, -0.2) is 62.5 Å². The molecule has 2 saturated heterocycles. The number of aromatic nitrogens is 3. The van der Waals surface area contributed by atoms with Crippen molar-refractivity contribution in [3.63, 3.8) is 0 Å². The van der Waals surface area contributed by atoms with Crippen molar-refractivity contribution in [1.82, 2.24) is 24.3 Å². The van der Waals surface area contributed by atoms with E-state index in [-0.39, 0.29) is 5.91 Å². The number of carbonyl (C=O) groups excluding carboxylic acids is 1. The van der Waals surface area contributed by atoms with Gasteiger partial charge in [-0.2, -0.15) is 0 Å². The number of nitrogens with zero attached hydrogens (tertiary/aromatic N) is 5. The topological polar surface area (TPSA) is 54.3 Å². The summed E-state index contributed by atoms with van der Waals surface area (Å²) in [4.78, 5) is 24.8. The zero-order valence-corrected chi connectivity index (χ0v) is 15.6. The first kappa shape index (κ1) is 17.2. The Morgan fingerprint density at radius 2 is 1.88 bits per heavy atom. The maximum Gasteiger partial charge on any atom is 0.219 e. The maximum atomic E-state index is 11.5. The summed E-state index contributed by atoms with van der Waals surface area (Å²) in [5.41, 5.74) is 2.34. The highest BCUT2D eigenvalue weighted by atomic mass is 16.2. The summed E-state index contributed by atoms with van der Waals surface area (Å²) in [7, 11) is 0. The van der Waals surface area contributed by atoms with Gasteiger partial charge in [-0.3, -0.25) is 14.7 Å². The van der Waals surface area contributed by atoms with Crippen LogP contribution in [0.15, 0.2) is 30.7 Å². The molecule has 0 atom stereocenters. The minimum absolute atomic E-state index is 0.212. The second kappa shape index (κ2) is 7.19. The predicted octanol–water partition coefficient (Wildman–Crippen LogP) is 2.20. The maximum absolute atomic E-state index is 11.5. The summed E-state index contributed by atoms with van der Waals surface area (Å²) >= 11 is 0. The van der Waals surface area contributed by atoms with E-state index < -0.39 is 0 Å². The molecule has 0 aromatic carbocycles. The molecule has 26 heavy (non-hydrogen) atoms. The summed E-state index contributed by atoms with van der Waals surface area (Å²) in [6.45, 7) is 8.95. The highest BCUT2D eigenvalue weighted by Crippen LogP contribution is 2.28. The van der Waals surface area contributed by atoms with Gasteiger partial charge in [0, 0.05) is 81.5 Å². The number of rotatable bonds is 4. The molecule has 2 fully saturated rings. The van der Waals surface area contributed by atoms with Gasteiger partial charge in [0.2, 0.25) is 5.91 Å². The van der Waals surface area contributed by atoms with Crippen molar-refractivity contribution >= 4 is 5.91 Å². The molecular weight excluding hydrogens is 326 g/mol. The molecule has 138 valence electrons. The Hall–Kier alpha value is -2.21. The number of piperidine rings is 1. The fourth-order valence-electron chi connectivity index (χ4n) is 4.25. The summed E-state index contributed by atoms with van der Waals surface area (Å²) in [6.07, 6.45) is 7.82. The fourth-order valence-corrected chi connectivity index (χ4v) is 4.25. The van der Waals surface area contributed by atoms with Crippen LogP contribution >= 0.6 is 0 Å². The molecule has 4 rings (SSSR count). The van der Waals surface area contributed by atoms with Crippen LogP contribution in [0.25, 0.3) is 11.4 Å². The monoisotopic (exact) mass is 353 g/mol. The standard InChI is InChI=1S/C20H27N5O/c1-15-11-22-20(18-3-7-21-8-4-18)25(15)14-17-12-24(13-17)19-5-9-23(10-6-19)16(2)26/h3-4,7-8,11,17,19H,5-6,9-10,12-14H2,1-2H3. The average Bonchev–Trinajstić information content (AvgIpc) is 2.99. The molecule has 4 heterocycles. The molecule has 0 saturated carbocycles. The first-order valence-corrected chi connectivity index (χ1v) is 9.54. The molecule has 6 nitrogen and oxygen atoms in total. The van der Waals surface area contributed by atoms with E-state index in [1.54, 1.807) is 6.92 Å².